The summed E-state index contributed by atoms with van der Waals surface area (Å²) in [6, 6.07) is 20.5. The summed E-state index contributed by atoms with van der Waals surface area (Å²) in [5.74, 6) is -0.344. The van der Waals surface area contributed by atoms with Crippen molar-refractivity contribution >= 4 is 24.7 Å². The molecule has 0 bridgehead atoms. The van der Waals surface area contributed by atoms with Gasteiger partial charge in [-0.1, -0.05) is 81.4 Å². The van der Waals surface area contributed by atoms with Gasteiger partial charge in [-0.2, -0.15) is 0 Å². The van der Waals surface area contributed by atoms with E-state index < -0.39 is 14.4 Å². The molecule has 4 heteroatoms. The molecule has 0 heterocycles. The number of esters is 1. The second-order valence-electron chi connectivity index (χ2n) is 6.95. The van der Waals surface area contributed by atoms with E-state index in [1.54, 1.807) is 6.92 Å². The van der Waals surface area contributed by atoms with Gasteiger partial charge < -0.3 is 9.16 Å². The molecule has 128 valence electrons. The third-order valence-corrected chi connectivity index (χ3v) is 9.42. The van der Waals surface area contributed by atoms with Crippen LogP contribution in [0.15, 0.2) is 60.7 Å². The van der Waals surface area contributed by atoms with Crippen LogP contribution in [0.2, 0.25) is 5.04 Å². The van der Waals surface area contributed by atoms with E-state index in [1.165, 1.54) is 7.11 Å². The summed E-state index contributed by atoms with van der Waals surface area (Å²) in [5.41, 5.74) is 0. The quantitative estimate of drug-likeness (QED) is 0.619. The highest BCUT2D eigenvalue weighted by Gasteiger charge is 2.51. The molecule has 0 unspecified atom stereocenters. The van der Waals surface area contributed by atoms with Crippen LogP contribution >= 0.6 is 0 Å². The molecule has 3 nitrogen and oxygen atoms in total. The van der Waals surface area contributed by atoms with Gasteiger partial charge in [0.2, 0.25) is 0 Å². The highest BCUT2D eigenvalue weighted by molar-refractivity contribution is 6.99. The Kier molecular flexibility index (Phi) is 5.62. The molecule has 0 aliphatic rings. The summed E-state index contributed by atoms with van der Waals surface area (Å²) in [6.45, 7) is 8.32. The van der Waals surface area contributed by atoms with Gasteiger partial charge in [-0.15, -0.1) is 0 Å². The maximum absolute atomic E-state index is 12.1. The van der Waals surface area contributed by atoms with Crippen molar-refractivity contribution in [1.29, 1.82) is 0 Å². The fourth-order valence-corrected chi connectivity index (χ4v) is 7.81. The predicted octanol–water partition coefficient (Wildman–Crippen LogP) is 3.12. The van der Waals surface area contributed by atoms with Crippen molar-refractivity contribution in [2.45, 2.75) is 38.8 Å². The van der Waals surface area contributed by atoms with E-state index in [0.29, 0.717) is 0 Å². The summed E-state index contributed by atoms with van der Waals surface area (Å²) in [7, 11) is -1.30. The summed E-state index contributed by atoms with van der Waals surface area (Å²) in [5, 5.41) is 2.15. The molecule has 0 fully saturated rings. The number of carbonyl (C=O) groups is 1. The molecule has 0 aliphatic carbocycles. The number of benzene rings is 2. The average molecular weight is 343 g/mol. The van der Waals surface area contributed by atoms with E-state index in [0.717, 1.165) is 10.4 Å². The van der Waals surface area contributed by atoms with Gasteiger partial charge in [0.25, 0.3) is 8.32 Å². The van der Waals surface area contributed by atoms with Crippen molar-refractivity contribution < 1.29 is 14.0 Å². The standard InChI is InChI=1S/C20H26O3Si/c1-16(19(21)22-5)23-24(20(2,3)4,17-12-8-6-9-13-17)18-14-10-7-11-15-18/h6-16H,1-5H3/t16-/m0/s1. The van der Waals surface area contributed by atoms with Gasteiger partial charge in [-0.05, 0) is 22.3 Å². The Morgan fingerprint density at radius 2 is 1.33 bits per heavy atom. The molecule has 0 spiro atoms. The normalized spacial score (nSPS) is 13.4. The molecule has 2 aromatic rings. The summed E-state index contributed by atoms with van der Waals surface area (Å²) in [4.78, 5) is 12.1. The Bertz CT molecular complexity index is 623. The highest BCUT2D eigenvalue weighted by Crippen LogP contribution is 2.37. The van der Waals surface area contributed by atoms with E-state index in [1.807, 2.05) is 36.4 Å². The van der Waals surface area contributed by atoms with Gasteiger partial charge in [0.15, 0.2) is 0 Å². The number of rotatable bonds is 5. The summed E-state index contributed by atoms with van der Waals surface area (Å²) < 4.78 is 11.5. The van der Waals surface area contributed by atoms with Gasteiger partial charge in [0.1, 0.15) is 6.10 Å². The monoisotopic (exact) mass is 342 g/mol. The van der Waals surface area contributed by atoms with Gasteiger partial charge in [-0.3, -0.25) is 0 Å². The lowest BCUT2D eigenvalue weighted by molar-refractivity contribution is -0.148. The first-order chi connectivity index (χ1) is 11.3. The maximum Gasteiger partial charge on any atom is 0.333 e. The minimum absolute atomic E-state index is 0.155. The van der Waals surface area contributed by atoms with E-state index in [-0.39, 0.29) is 11.0 Å². The smallest absolute Gasteiger partial charge is 0.333 e. The molecule has 0 amide bonds. The van der Waals surface area contributed by atoms with E-state index in [4.69, 9.17) is 9.16 Å². The first kappa shape index (κ1) is 18.4. The summed E-state index contributed by atoms with van der Waals surface area (Å²) in [6.07, 6.45) is -0.624. The molecule has 2 aromatic carbocycles. The molecule has 0 radical (unpaired) electrons. The Labute approximate surface area is 145 Å². The Morgan fingerprint density at radius 3 is 1.67 bits per heavy atom. The molecular formula is C20H26O3Si. The summed E-state index contributed by atoms with van der Waals surface area (Å²) >= 11 is 0. The van der Waals surface area contributed by atoms with Crippen molar-refractivity contribution in [1.82, 2.24) is 0 Å². The van der Waals surface area contributed by atoms with Crippen molar-refractivity contribution in [3.05, 3.63) is 60.7 Å². The van der Waals surface area contributed by atoms with E-state index in [9.17, 15) is 4.79 Å². The molecule has 24 heavy (non-hydrogen) atoms. The molecule has 0 aromatic heterocycles. The van der Waals surface area contributed by atoms with Gasteiger partial charge in [0.05, 0.1) is 7.11 Å². The van der Waals surface area contributed by atoms with E-state index in [2.05, 4.69) is 45.0 Å². The zero-order valence-electron chi connectivity index (χ0n) is 15.1. The van der Waals surface area contributed by atoms with Crippen molar-refractivity contribution in [3.63, 3.8) is 0 Å². The lowest BCUT2D eigenvalue weighted by Crippen LogP contribution is -2.68. The van der Waals surface area contributed by atoms with Crippen LogP contribution in [0.25, 0.3) is 0 Å². The van der Waals surface area contributed by atoms with Crippen LogP contribution in [-0.2, 0) is 14.0 Å². The molecule has 1 atom stereocenters. The number of methoxy groups -OCH3 is 1. The number of carbonyl (C=O) groups excluding carboxylic acids is 1. The van der Waals surface area contributed by atoms with Crippen LogP contribution < -0.4 is 10.4 Å². The number of ether oxygens (including phenoxy) is 1. The second-order valence-corrected chi connectivity index (χ2v) is 11.2. The van der Waals surface area contributed by atoms with Crippen molar-refractivity contribution in [2.75, 3.05) is 7.11 Å². The number of hydrogen-bond donors (Lipinski definition) is 0. The highest BCUT2D eigenvalue weighted by atomic mass is 28.4. The topological polar surface area (TPSA) is 35.5 Å². The minimum Gasteiger partial charge on any atom is -0.467 e. The lowest BCUT2D eigenvalue weighted by atomic mass is 10.2. The third kappa shape index (κ3) is 3.45. The zero-order valence-corrected chi connectivity index (χ0v) is 16.1. The third-order valence-electron chi connectivity index (χ3n) is 4.30. The van der Waals surface area contributed by atoms with E-state index >= 15 is 0 Å². The Balaban J connectivity index is 2.68. The van der Waals surface area contributed by atoms with Crippen LogP contribution in [0.1, 0.15) is 27.7 Å². The fraction of sp³-hybridized carbons (Fsp3) is 0.350. The molecule has 0 saturated heterocycles. The molecule has 0 saturated carbocycles. The van der Waals surface area contributed by atoms with Crippen LogP contribution in [0.3, 0.4) is 0 Å². The SMILES string of the molecule is COC(=O)[C@H](C)O[Si](c1ccccc1)(c1ccccc1)C(C)(C)C. The van der Waals surface area contributed by atoms with Gasteiger partial charge in [0, 0.05) is 0 Å². The molecule has 0 N–H and O–H groups in total. The van der Waals surface area contributed by atoms with Crippen molar-refractivity contribution in [3.8, 4) is 0 Å². The molecular weight excluding hydrogens is 316 g/mol. The second kappa shape index (κ2) is 7.32. The van der Waals surface area contributed by atoms with Gasteiger partial charge >= 0.3 is 5.97 Å². The predicted molar refractivity (Wildman–Crippen MR) is 100 cm³/mol. The van der Waals surface area contributed by atoms with Crippen LogP contribution in [0.5, 0.6) is 0 Å². The van der Waals surface area contributed by atoms with Crippen LogP contribution in [-0.4, -0.2) is 27.5 Å². The first-order valence-corrected chi connectivity index (χ1v) is 10.1. The minimum atomic E-state index is -2.69. The van der Waals surface area contributed by atoms with Gasteiger partial charge in [-0.25, -0.2) is 4.79 Å². The number of hydrogen-bond acceptors (Lipinski definition) is 3. The Morgan fingerprint density at radius 1 is 0.917 bits per heavy atom. The van der Waals surface area contributed by atoms with Crippen molar-refractivity contribution in [2.24, 2.45) is 0 Å². The Hall–Kier alpha value is -1.91. The van der Waals surface area contributed by atoms with Crippen LogP contribution in [0, 0.1) is 0 Å². The fourth-order valence-electron chi connectivity index (χ4n) is 3.17. The first-order valence-electron chi connectivity index (χ1n) is 8.19. The lowest BCUT2D eigenvalue weighted by Gasteiger charge is -2.44. The zero-order chi connectivity index (χ0) is 17.8. The maximum atomic E-state index is 12.1. The largest absolute Gasteiger partial charge is 0.467 e. The van der Waals surface area contributed by atoms with Crippen LogP contribution in [0.4, 0.5) is 0 Å². The average Bonchev–Trinajstić information content (AvgIpc) is 2.59. The molecule has 0 aliphatic heterocycles. The molecule has 2 rings (SSSR count).